The molecule has 1 aliphatic rings. The van der Waals surface area contributed by atoms with Crippen molar-refractivity contribution in [3.8, 4) is 0 Å². The summed E-state index contributed by atoms with van der Waals surface area (Å²) in [6, 6.07) is 14.1. The Morgan fingerprint density at radius 3 is 2.86 bits per heavy atom. The van der Waals surface area contributed by atoms with Crippen LogP contribution in [0.1, 0.15) is 29.8 Å². The third kappa shape index (κ3) is 3.95. The Morgan fingerprint density at radius 1 is 1.33 bits per heavy atom. The molecule has 112 valence electrons. The smallest absolute Gasteiger partial charge is 0.0449 e. The summed E-state index contributed by atoms with van der Waals surface area (Å²) in [5, 5.41) is 5.87. The summed E-state index contributed by atoms with van der Waals surface area (Å²) in [6.07, 6.45) is 1.20. The third-order valence-electron chi connectivity index (χ3n) is 4.18. The van der Waals surface area contributed by atoms with Crippen molar-refractivity contribution in [1.82, 2.24) is 10.2 Å². The number of hydrogen-bond acceptors (Lipinski definition) is 3. The minimum atomic E-state index is 0.430. The van der Waals surface area contributed by atoms with Crippen LogP contribution in [0.5, 0.6) is 0 Å². The van der Waals surface area contributed by atoms with Crippen molar-refractivity contribution in [3.63, 3.8) is 0 Å². The Labute approximate surface area is 139 Å². The van der Waals surface area contributed by atoms with Gasteiger partial charge in [0.15, 0.2) is 0 Å². The average molecular weight is 365 g/mol. The molecule has 4 heteroatoms. The Morgan fingerprint density at radius 2 is 2.14 bits per heavy atom. The van der Waals surface area contributed by atoms with Gasteiger partial charge in [-0.25, -0.2) is 0 Å². The second-order valence-electron chi connectivity index (χ2n) is 5.72. The van der Waals surface area contributed by atoms with Crippen LogP contribution in [-0.4, -0.2) is 24.0 Å². The molecule has 1 aromatic carbocycles. The summed E-state index contributed by atoms with van der Waals surface area (Å²) < 4.78 is 1.20. The van der Waals surface area contributed by atoms with Crippen LogP contribution < -0.4 is 5.32 Å². The molecular formula is C17H21BrN2S. The topological polar surface area (TPSA) is 15.3 Å². The van der Waals surface area contributed by atoms with Gasteiger partial charge in [-0.1, -0.05) is 30.3 Å². The molecule has 0 bridgehead atoms. The molecule has 0 saturated carbocycles. The lowest BCUT2D eigenvalue weighted by Crippen LogP contribution is -2.35. The molecule has 0 radical (unpaired) electrons. The van der Waals surface area contributed by atoms with Crippen LogP contribution in [0, 0.1) is 0 Å². The number of thiophene rings is 1. The van der Waals surface area contributed by atoms with Crippen molar-refractivity contribution >= 4 is 27.3 Å². The van der Waals surface area contributed by atoms with Crippen LogP contribution in [0.4, 0.5) is 0 Å². The van der Waals surface area contributed by atoms with Crippen LogP contribution >= 0.6 is 27.3 Å². The Bertz CT molecular complexity index is 569. The van der Waals surface area contributed by atoms with Gasteiger partial charge in [0.05, 0.1) is 0 Å². The molecule has 2 atom stereocenters. The quantitative estimate of drug-likeness (QED) is 0.865. The summed E-state index contributed by atoms with van der Waals surface area (Å²) >= 11 is 5.40. The number of halogens is 1. The van der Waals surface area contributed by atoms with Gasteiger partial charge in [0.2, 0.25) is 0 Å². The summed E-state index contributed by atoms with van der Waals surface area (Å²) in [4.78, 5) is 4.04. The summed E-state index contributed by atoms with van der Waals surface area (Å²) in [5.41, 5.74) is 1.39. The lowest BCUT2D eigenvalue weighted by molar-refractivity contribution is 0.198. The number of hydrogen-bond donors (Lipinski definition) is 1. The van der Waals surface area contributed by atoms with Gasteiger partial charge in [-0.3, -0.25) is 4.90 Å². The highest BCUT2D eigenvalue weighted by Crippen LogP contribution is 2.25. The van der Waals surface area contributed by atoms with Gasteiger partial charge >= 0.3 is 0 Å². The molecule has 2 nitrogen and oxygen atoms in total. The summed E-state index contributed by atoms with van der Waals surface area (Å²) in [6.45, 7) is 5.55. The van der Waals surface area contributed by atoms with Crippen molar-refractivity contribution in [2.24, 2.45) is 0 Å². The SMILES string of the molecule is CC1CCNC(c2ccccc2)CN1Cc1cc(Br)cs1. The van der Waals surface area contributed by atoms with E-state index in [4.69, 9.17) is 0 Å². The third-order valence-corrected chi connectivity index (χ3v) is 5.86. The lowest BCUT2D eigenvalue weighted by Gasteiger charge is -2.28. The minimum absolute atomic E-state index is 0.430. The number of benzene rings is 1. The van der Waals surface area contributed by atoms with Crippen molar-refractivity contribution in [2.45, 2.75) is 32.0 Å². The average Bonchev–Trinajstić information content (AvgIpc) is 2.81. The van der Waals surface area contributed by atoms with Gasteiger partial charge in [0, 0.05) is 39.9 Å². The molecular weight excluding hydrogens is 344 g/mol. The van der Waals surface area contributed by atoms with Crippen LogP contribution in [0.15, 0.2) is 46.3 Å². The van der Waals surface area contributed by atoms with E-state index >= 15 is 0 Å². The van der Waals surface area contributed by atoms with E-state index in [-0.39, 0.29) is 0 Å². The molecule has 0 aliphatic carbocycles. The number of nitrogens with zero attached hydrogens (tertiary/aromatic N) is 1. The molecule has 0 amide bonds. The van der Waals surface area contributed by atoms with Crippen LogP contribution in [0.3, 0.4) is 0 Å². The highest BCUT2D eigenvalue weighted by Gasteiger charge is 2.24. The molecule has 1 aromatic heterocycles. The van der Waals surface area contributed by atoms with Crippen molar-refractivity contribution in [1.29, 1.82) is 0 Å². The zero-order chi connectivity index (χ0) is 14.7. The summed E-state index contributed by atoms with van der Waals surface area (Å²) in [5.74, 6) is 0. The second kappa shape index (κ2) is 7.05. The molecule has 21 heavy (non-hydrogen) atoms. The van der Waals surface area contributed by atoms with Crippen molar-refractivity contribution in [3.05, 3.63) is 56.7 Å². The van der Waals surface area contributed by atoms with Gasteiger partial charge < -0.3 is 5.32 Å². The molecule has 2 unspecified atom stereocenters. The van der Waals surface area contributed by atoms with E-state index in [1.54, 1.807) is 0 Å². The first-order valence-corrected chi connectivity index (χ1v) is 9.15. The molecule has 0 spiro atoms. The highest BCUT2D eigenvalue weighted by molar-refractivity contribution is 9.10. The fraction of sp³-hybridized carbons (Fsp3) is 0.412. The van der Waals surface area contributed by atoms with Crippen molar-refractivity contribution in [2.75, 3.05) is 13.1 Å². The van der Waals surface area contributed by atoms with E-state index < -0.39 is 0 Å². The Kier molecular flexibility index (Phi) is 5.11. The molecule has 3 rings (SSSR count). The lowest BCUT2D eigenvalue weighted by atomic mass is 10.1. The minimum Gasteiger partial charge on any atom is -0.309 e. The predicted octanol–water partition coefficient (Wildman–Crippen LogP) is 4.44. The molecule has 1 N–H and O–H groups in total. The first kappa shape index (κ1) is 15.2. The van der Waals surface area contributed by atoms with E-state index in [2.05, 4.69) is 74.8 Å². The predicted molar refractivity (Wildman–Crippen MR) is 93.7 cm³/mol. The number of rotatable bonds is 3. The van der Waals surface area contributed by atoms with Crippen LogP contribution in [0.2, 0.25) is 0 Å². The van der Waals surface area contributed by atoms with Crippen LogP contribution in [-0.2, 0) is 6.54 Å². The highest BCUT2D eigenvalue weighted by atomic mass is 79.9. The maximum atomic E-state index is 3.70. The zero-order valence-corrected chi connectivity index (χ0v) is 14.7. The van der Waals surface area contributed by atoms with Crippen molar-refractivity contribution < 1.29 is 0 Å². The van der Waals surface area contributed by atoms with Gasteiger partial charge in [-0.05, 0) is 47.4 Å². The van der Waals surface area contributed by atoms with E-state index in [0.29, 0.717) is 12.1 Å². The largest absolute Gasteiger partial charge is 0.309 e. The van der Waals surface area contributed by atoms with E-state index in [1.165, 1.54) is 21.3 Å². The maximum Gasteiger partial charge on any atom is 0.0449 e. The Hall–Kier alpha value is -0.680. The van der Waals surface area contributed by atoms with Gasteiger partial charge in [-0.15, -0.1) is 11.3 Å². The van der Waals surface area contributed by atoms with E-state index in [0.717, 1.165) is 19.6 Å². The first-order valence-electron chi connectivity index (χ1n) is 7.47. The second-order valence-corrected chi connectivity index (χ2v) is 7.63. The van der Waals surface area contributed by atoms with Gasteiger partial charge in [0.1, 0.15) is 0 Å². The normalized spacial score (nSPS) is 23.9. The first-order chi connectivity index (χ1) is 10.2. The van der Waals surface area contributed by atoms with Gasteiger partial charge in [0.25, 0.3) is 0 Å². The summed E-state index contributed by atoms with van der Waals surface area (Å²) in [7, 11) is 0. The molecule has 1 aliphatic heterocycles. The van der Waals surface area contributed by atoms with Gasteiger partial charge in [-0.2, -0.15) is 0 Å². The van der Waals surface area contributed by atoms with E-state index in [9.17, 15) is 0 Å². The van der Waals surface area contributed by atoms with Crippen LogP contribution in [0.25, 0.3) is 0 Å². The standard InChI is InChI=1S/C17H21BrN2S/c1-13-7-8-19-17(14-5-3-2-4-6-14)11-20(13)10-16-9-15(18)12-21-16/h2-6,9,12-13,17,19H,7-8,10-11H2,1H3. The molecule has 1 saturated heterocycles. The molecule has 2 heterocycles. The molecule has 2 aromatic rings. The fourth-order valence-electron chi connectivity index (χ4n) is 2.89. The number of nitrogens with one attached hydrogen (secondary N) is 1. The maximum absolute atomic E-state index is 3.70. The zero-order valence-electron chi connectivity index (χ0n) is 12.3. The monoisotopic (exact) mass is 364 g/mol. The Balaban J connectivity index is 1.74. The molecule has 1 fully saturated rings. The van der Waals surface area contributed by atoms with E-state index in [1.807, 2.05) is 11.3 Å². The fourth-order valence-corrected chi connectivity index (χ4v) is 4.37.